The number of fused-ring (bicyclic) bond motifs is 2. The van der Waals surface area contributed by atoms with E-state index in [-0.39, 0.29) is 0 Å². The van der Waals surface area contributed by atoms with Crippen LogP contribution in [0.5, 0.6) is 0 Å². The Morgan fingerprint density at radius 1 is 1.37 bits per heavy atom. The highest BCUT2D eigenvalue weighted by Gasteiger charge is 2.72. The van der Waals surface area contributed by atoms with Crippen molar-refractivity contribution in [3.63, 3.8) is 0 Å². The molecule has 1 aliphatic heterocycles. The summed E-state index contributed by atoms with van der Waals surface area (Å²) in [7, 11) is 0. The Kier molecular flexibility index (Phi) is 3.38. The lowest BCUT2D eigenvalue weighted by Gasteiger charge is -2.52. The summed E-state index contributed by atoms with van der Waals surface area (Å²) in [6.45, 7) is 5.74. The number of carbonyl (C=O) groups excluding carboxylic acids is 1. The van der Waals surface area contributed by atoms with Gasteiger partial charge in [-0.15, -0.1) is 0 Å². The summed E-state index contributed by atoms with van der Waals surface area (Å²) in [4.78, 5) is 18.7. The molecule has 1 aromatic heterocycles. The number of nitrogens with one attached hydrogen (secondary N) is 1. The summed E-state index contributed by atoms with van der Waals surface area (Å²) >= 11 is 0. The summed E-state index contributed by atoms with van der Waals surface area (Å²) in [6.07, 6.45) is 8.47. The van der Waals surface area contributed by atoms with Crippen LogP contribution in [0.25, 0.3) is 0 Å². The minimum Gasteiger partial charge on any atom is -0.297 e. The van der Waals surface area contributed by atoms with Crippen molar-refractivity contribution in [1.82, 2.24) is 15.4 Å². The molecule has 0 radical (unpaired) electrons. The summed E-state index contributed by atoms with van der Waals surface area (Å²) in [5.41, 5.74) is 5.12. The molecule has 4 fully saturated rings. The van der Waals surface area contributed by atoms with Crippen molar-refractivity contribution in [2.24, 2.45) is 40.9 Å². The third-order valence-corrected chi connectivity index (χ3v) is 8.81. The molecule has 144 valence electrons. The summed E-state index contributed by atoms with van der Waals surface area (Å²) in [5.74, 6) is 5.68. The van der Waals surface area contributed by atoms with E-state index < -0.39 is 5.91 Å². The van der Waals surface area contributed by atoms with Gasteiger partial charge in [0.05, 0.1) is 11.3 Å². The molecule has 0 saturated heterocycles. The van der Waals surface area contributed by atoms with Crippen molar-refractivity contribution in [2.75, 3.05) is 13.1 Å². The fourth-order valence-electron chi connectivity index (χ4n) is 7.90. The molecule has 4 aliphatic carbocycles. The lowest BCUT2D eigenvalue weighted by molar-refractivity contribution is -0.0287. The maximum atomic E-state index is 11.6. The maximum Gasteiger partial charge on any atom is 0.276 e. The number of carbonyl (C=O) groups is 1. The second-order valence-corrected chi connectivity index (χ2v) is 10.3. The Morgan fingerprint density at radius 2 is 2.26 bits per heavy atom. The number of hydroxylamine groups is 1. The molecular weight excluding hydrogens is 338 g/mol. The molecule has 4 unspecified atom stereocenters. The van der Waals surface area contributed by atoms with Crippen molar-refractivity contribution >= 4 is 5.91 Å². The van der Waals surface area contributed by atoms with Gasteiger partial charge in [-0.25, -0.2) is 5.48 Å². The Bertz CT molecular complexity index is 811. The van der Waals surface area contributed by atoms with Crippen LogP contribution < -0.4 is 5.48 Å². The van der Waals surface area contributed by atoms with E-state index in [1.807, 2.05) is 6.07 Å². The highest BCUT2D eigenvalue weighted by Crippen LogP contribution is 2.79. The molecule has 0 spiro atoms. The quantitative estimate of drug-likeness (QED) is 0.637. The van der Waals surface area contributed by atoms with Crippen LogP contribution in [0.4, 0.5) is 0 Å². The zero-order valence-corrected chi connectivity index (χ0v) is 16.0. The predicted octanol–water partition coefficient (Wildman–Crippen LogP) is 2.88. The van der Waals surface area contributed by atoms with Crippen LogP contribution >= 0.6 is 0 Å². The van der Waals surface area contributed by atoms with E-state index in [0.29, 0.717) is 5.56 Å². The van der Waals surface area contributed by atoms with Crippen LogP contribution in [0.15, 0.2) is 12.3 Å². The Morgan fingerprint density at radius 3 is 3.11 bits per heavy atom. The van der Waals surface area contributed by atoms with E-state index in [2.05, 4.69) is 16.8 Å². The van der Waals surface area contributed by atoms with Gasteiger partial charge in [0.1, 0.15) is 0 Å². The van der Waals surface area contributed by atoms with E-state index in [0.717, 1.165) is 71.7 Å². The van der Waals surface area contributed by atoms with Crippen molar-refractivity contribution < 1.29 is 10.0 Å². The largest absolute Gasteiger partial charge is 0.297 e. The molecular formula is C22H29N3O2. The smallest absolute Gasteiger partial charge is 0.276 e. The normalized spacial score (nSPS) is 43.9. The van der Waals surface area contributed by atoms with Crippen molar-refractivity contribution in [2.45, 2.75) is 45.6 Å². The van der Waals surface area contributed by atoms with E-state index in [1.165, 1.54) is 32.2 Å². The van der Waals surface area contributed by atoms with Gasteiger partial charge in [-0.1, -0.05) is 6.92 Å². The van der Waals surface area contributed by atoms with E-state index >= 15 is 0 Å². The van der Waals surface area contributed by atoms with Gasteiger partial charge in [0.15, 0.2) is 0 Å². The molecule has 6 rings (SSSR count). The monoisotopic (exact) mass is 367 g/mol. The van der Waals surface area contributed by atoms with Crippen LogP contribution in [0.3, 0.4) is 0 Å². The third-order valence-electron chi connectivity index (χ3n) is 8.81. The third kappa shape index (κ3) is 2.37. The molecule has 2 N–H and O–H groups in total. The highest BCUT2D eigenvalue weighted by atomic mass is 16.5. The van der Waals surface area contributed by atoms with Crippen LogP contribution in [0, 0.1) is 40.9 Å². The first-order valence-electron chi connectivity index (χ1n) is 10.7. The minimum atomic E-state index is -0.479. The molecule has 27 heavy (non-hydrogen) atoms. The molecule has 7 atom stereocenters. The number of rotatable bonds is 3. The number of hydrogen-bond donors (Lipinski definition) is 2. The second kappa shape index (κ2) is 5.54. The first kappa shape index (κ1) is 16.5. The maximum absolute atomic E-state index is 11.6. The van der Waals surface area contributed by atoms with Gasteiger partial charge in [0.2, 0.25) is 0 Å². The van der Waals surface area contributed by atoms with Crippen LogP contribution in [0.1, 0.15) is 54.2 Å². The fraction of sp³-hybridized carbons (Fsp3) is 0.727. The van der Waals surface area contributed by atoms with Crippen molar-refractivity contribution in [3.8, 4) is 0 Å². The van der Waals surface area contributed by atoms with Gasteiger partial charge in [-0.3, -0.25) is 19.9 Å². The van der Waals surface area contributed by atoms with E-state index in [4.69, 9.17) is 5.21 Å². The molecule has 1 amide bonds. The molecule has 5 aliphatic rings. The highest BCUT2D eigenvalue weighted by molar-refractivity contribution is 5.93. The topological polar surface area (TPSA) is 65.5 Å². The Labute approximate surface area is 160 Å². The SMILES string of the molecule is CC12CC3[C@@H]4C1[C@H](CC(CN1CCc5cc(C(=O)NO)cnc5C1)C[C@H]34)C2. The second-order valence-electron chi connectivity index (χ2n) is 10.3. The van der Waals surface area contributed by atoms with Crippen LogP contribution in [0.2, 0.25) is 0 Å². The Balaban J connectivity index is 1.13. The first-order chi connectivity index (χ1) is 13.1. The zero-order chi connectivity index (χ0) is 18.3. The van der Waals surface area contributed by atoms with Gasteiger partial charge >= 0.3 is 0 Å². The molecule has 5 nitrogen and oxygen atoms in total. The van der Waals surface area contributed by atoms with Gasteiger partial charge in [-0.2, -0.15) is 0 Å². The number of hydrogen-bond acceptors (Lipinski definition) is 4. The van der Waals surface area contributed by atoms with E-state index in [1.54, 1.807) is 11.7 Å². The lowest BCUT2D eigenvalue weighted by Crippen LogP contribution is -2.45. The standard InChI is InChI=1S/C22H29N3O2/c1-22-7-14-4-12(5-16-17(8-22)19(16)20(14)22)10-25-3-2-13-6-15(21(26)24-27)9-23-18(13)11-25/h6,9,12,14,16-17,19-20,27H,2-5,7-8,10-11H2,1H3,(H,24,26)/t12?,14-,16-,17?,19-,20?,22?/m1/s1. The average Bonchev–Trinajstić information content (AvgIpc) is 3.22. The zero-order valence-electron chi connectivity index (χ0n) is 16.0. The molecule has 5 heteroatoms. The fourth-order valence-corrected chi connectivity index (χ4v) is 7.90. The lowest BCUT2D eigenvalue weighted by atomic mass is 9.53. The Hall–Kier alpha value is -1.46. The molecule has 2 heterocycles. The van der Waals surface area contributed by atoms with Crippen LogP contribution in [-0.2, 0) is 13.0 Å². The van der Waals surface area contributed by atoms with Crippen LogP contribution in [-0.4, -0.2) is 34.1 Å². The first-order valence-corrected chi connectivity index (χ1v) is 10.7. The van der Waals surface area contributed by atoms with Crippen molar-refractivity contribution in [3.05, 3.63) is 29.1 Å². The molecule has 1 aromatic rings. The number of pyridine rings is 1. The van der Waals surface area contributed by atoms with Gasteiger partial charge in [-0.05, 0) is 84.7 Å². The van der Waals surface area contributed by atoms with Gasteiger partial charge in [0, 0.05) is 25.8 Å². The average molecular weight is 367 g/mol. The van der Waals surface area contributed by atoms with Gasteiger partial charge in [0.25, 0.3) is 5.91 Å². The number of nitrogens with zero attached hydrogens (tertiary/aromatic N) is 2. The summed E-state index contributed by atoms with van der Waals surface area (Å²) in [5, 5.41) is 8.81. The molecule has 4 saturated carbocycles. The van der Waals surface area contributed by atoms with Gasteiger partial charge < -0.3 is 0 Å². The van der Waals surface area contributed by atoms with Crippen molar-refractivity contribution in [1.29, 1.82) is 0 Å². The molecule has 0 aromatic carbocycles. The van der Waals surface area contributed by atoms with E-state index in [9.17, 15) is 4.79 Å². The summed E-state index contributed by atoms with van der Waals surface area (Å²) < 4.78 is 0. The summed E-state index contributed by atoms with van der Waals surface area (Å²) in [6, 6.07) is 1.89. The molecule has 0 bridgehead atoms. The number of aromatic nitrogens is 1. The number of amides is 1. The predicted molar refractivity (Wildman–Crippen MR) is 100.0 cm³/mol. The minimum absolute atomic E-state index is 0.441.